The molecular formula is C13H20N2O2S. The Morgan fingerprint density at radius 3 is 2.78 bits per heavy atom. The van der Waals surface area contributed by atoms with Crippen LogP contribution in [0.5, 0.6) is 0 Å². The molecule has 0 aliphatic carbocycles. The maximum Gasteiger partial charge on any atom is 0.311 e. The molecule has 0 saturated carbocycles. The highest BCUT2D eigenvalue weighted by Crippen LogP contribution is 2.37. The van der Waals surface area contributed by atoms with Gasteiger partial charge in [-0.3, -0.25) is 4.79 Å². The number of hydrogen-bond donors (Lipinski definition) is 1. The van der Waals surface area contributed by atoms with Gasteiger partial charge in [0.2, 0.25) is 0 Å². The molecule has 1 aliphatic heterocycles. The normalized spacial score (nSPS) is 24.3. The molecule has 1 aromatic rings. The fourth-order valence-corrected chi connectivity index (χ4v) is 3.44. The van der Waals surface area contributed by atoms with Crippen molar-refractivity contribution in [2.45, 2.75) is 40.0 Å². The van der Waals surface area contributed by atoms with Crippen molar-refractivity contribution in [2.75, 3.05) is 18.0 Å². The maximum absolute atomic E-state index is 11.5. The average Bonchev–Trinajstić information content (AvgIpc) is 2.69. The molecule has 18 heavy (non-hydrogen) atoms. The van der Waals surface area contributed by atoms with Gasteiger partial charge in [-0.25, -0.2) is 4.98 Å². The van der Waals surface area contributed by atoms with Crippen LogP contribution >= 0.6 is 11.3 Å². The molecular weight excluding hydrogens is 248 g/mol. The van der Waals surface area contributed by atoms with Crippen molar-refractivity contribution in [3.05, 3.63) is 10.6 Å². The number of carboxylic acids is 1. The molecule has 1 saturated heterocycles. The highest BCUT2D eigenvalue weighted by atomic mass is 32.1. The third kappa shape index (κ3) is 2.23. The molecule has 0 bridgehead atoms. The van der Waals surface area contributed by atoms with Gasteiger partial charge < -0.3 is 10.0 Å². The van der Waals surface area contributed by atoms with Crippen LogP contribution in [0.15, 0.2) is 0 Å². The van der Waals surface area contributed by atoms with Gasteiger partial charge in [0.25, 0.3) is 0 Å². The summed E-state index contributed by atoms with van der Waals surface area (Å²) in [7, 11) is 0. The van der Waals surface area contributed by atoms with Gasteiger partial charge in [0.1, 0.15) is 0 Å². The number of carbonyl (C=O) groups is 1. The van der Waals surface area contributed by atoms with Crippen LogP contribution in [-0.2, 0) is 4.79 Å². The van der Waals surface area contributed by atoms with E-state index in [9.17, 15) is 9.90 Å². The molecule has 2 heterocycles. The smallest absolute Gasteiger partial charge is 0.311 e. The zero-order chi connectivity index (χ0) is 13.3. The minimum absolute atomic E-state index is 0.589. The number of rotatable bonds is 3. The van der Waals surface area contributed by atoms with Crippen LogP contribution in [0.25, 0.3) is 0 Å². The Balaban J connectivity index is 2.23. The summed E-state index contributed by atoms with van der Waals surface area (Å²) in [6.07, 6.45) is 2.39. The van der Waals surface area contributed by atoms with E-state index in [-0.39, 0.29) is 0 Å². The van der Waals surface area contributed by atoms with Crippen molar-refractivity contribution in [1.82, 2.24) is 4.98 Å². The molecule has 100 valence electrons. The zero-order valence-corrected chi connectivity index (χ0v) is 12.0. The van der Waals surface area contributed by atoms with E-state index in [0.717, 1.165) is 30.2 Å². The molecule has 1 aromatic heterocycles. The minimum atomic E-state index is -0.667. The SMILES string of the molecule is CCC1(C(=O)O)CCCN(c2nc(C)c(C)s2)C1. The summed E-state index contributed by atoms with van der Waals surface area (Å²) in [5.74, 6) is -0.667. The van der Waals surface area contributed by atoms with Gasteiger partial charge in [-0.2, -0.15) is 0 Å². The third-order valence-electron chi connectivity index (χ3n) is 4.00. The van der Waals surface area contributed by atoms with Crippen LogP contribution < -0.4 is 4.90 Å². The van der Waals surface area contributed by atoms with Gasteiger partial charge >= 0.3 is 5.97 Å². The number of aromatic nitrogens is 1. The number of hydrogen-bond acceptors (Lipinski definition) is 4. The summed E-state index contributed by atoms with van der Waals surface area (Å²) in [5, 5.41) is 10.4. The standard InChI is InChI=1S/C13H20N2O2S/c1-4-13(11(16)17)6-5-7-15(8-13)12-14-9(2)10(3)18-12/h4-8H2,1-3H3,(H,16,17). The molecule has 1 atom stereocenters. The third-order valence-corrected chi connectivity index (χ3v) is 5.13. The number of carboxylic acid groups (broad SMARTS) is 1. The second-order valence-electron chi connectivity index (χ2n) is 5.10. The number of thiazole rings is 1. The quantitative estimate of drug-likeness (QED) is 0.916. The molecule has 4 nitrogen and oxygen atoms in total. The molecule has 0 aromatic carbocycles. The Morgan fingerprint density at radius 2 is 2.28 bits per heavy atom. The Labute approximate surface area is 112 Å². The van der Waals surface area contributed by atoms with Gasteiger partial charge in [0.15, 0.2) is 5.13 Å². The molecule has 5 heteroatoms. The van der Waals surface area contributed by atoms with Crippen molar-refractivity contribution in [3.8, 4) is 0 Å². The largest absolute Gasteiger partial charge is 0.481 e. The van der Waals surface area contributed by atoms with Gasteiger partial charge in [0.05, 0.1) is 11.1 Å². The van der Waals surface area contributed by atoms with Crippen molar-refractivity contribution < 1.29 is 9.90 Å². The lowest BCUT2D eigenvalue weighted by molar-refractivity contribution is -0.149. The Kier molecular flexibility index (Phi) is 3.61. The molecule has 0 spiro atoms. The predicted molar refractivity (Wildman–Crippen MR) is 73.4 cm³/mol. The fraction of sp³-hybridized carbons (Fsp3) is 0.692. The van der Waals surface area contributed by atoms with E-state index in [2.05, 4.69) is 16.8 Å². The molecule has 0 amide bonds. The van der Waals surface area contributed by atoms with Gasteiger partial charge in [-0.15, -0.1) is 11.3 Å². The molecule has 2 rings (SSSR count). The summed E-state index contributed by atoms with van der Waals surface area (Å²) in [5.41, 5.74) is 0.462. The number of nitrogens with zero attached hydrogens (tertiary/aromatic N) is 2. The fourth-order valence-electron chi connectivity index (χ4n) is 2.50. The molecule has 1 unspecified atom stereocenters. The summed E-state index contributed by atoms with van der Waals surface area (Å²) in [6.45, 7) is 7.54. The number of anilines is 1. The lowest BCUT2D eigenvalue weighted by Gasteiger charge is -2.39. The van der Waals surface area contributed by atoms with E-state index in [0.29, 0.717) is 13.0 Å². The molecule has 1 fully saturated rings. The van der Waals surface area contributed by atoms with Crippen molar-refractivity contribution in [3.63, 3.8) is 0 Å². The Hall–Kier alpha value is -1.10. The summed E-state index contributed by atoms with van der Waals surface area (Å²) in [4.78, 5) is 19.4. The Bertz CT molecular complexity index is 438. The summed E-state index contributed by atoms with van der Waals surface area (Å²) < 4.78 is 0. The first-order chi connectivity index (χ1) is 8.48. The topological polar surface area (TPSA) is 53.4 Å². The second kappa shape index (κ2) is 4.88. The van der Waals surface area contributed by atoms with E-state index in [1.807, 2.05) is 13.8 Å². The number of aryl methyl sites for hydroxylation is 2. The monoisotopic (exact) mass is 268 g/mol. The van der Waals surface area contributed by atoms with Crippen molar-refractivity contribution in [2.24, 2.45) is 5.41 Å². The first kappa shape index (κ1) is 13.3. The van der Waals surface area contributed by atoms with Crippen molar-refractivity contribution >= 4 is 22.4 Å². The van der Waals surface area contributed by atoms with Gasteiger partial charge in [-0.1, -0.05) is 6.92 Å². The lowest BCUT2D eigenvalue weighted by Crippen LogP contribution is -2.47. The maximum atomic E-state index is 11.5. The second-order valence-corrected chi connectivity index (χ2v) is 6.28. The molecule has 0 radical (unpaired) electrons. The van der Waals surface area contributed by atoms with E-state index in [4.69, 9.17) is 0 Å². The molecule has 1 aliphatic rings. The first-order valence-electron chi connectivity index (χ1n) is 6.41. The van der Waals surface area contributed by atoms with E-state index in [1.165, 1.54) is 4.88 Å². The number of aliphatic carboxylic acids is 1. The van der Waals surface area contributed by atoms with Gasteiger partial charge in [0, 0.05) is 18.0 Å². The zero-order valence-electron chi connectivity index (χ0n) is 11.2. The van der Waals surface area contributed by atoms with E-state index in [1.54, 1.807) is 11.3 Å². The summed E-state index contributed by atoms with van der Waals surface area (Å²) in [6, 6.07) is 0. The highest BCUT2D eigenvalue weighted by Gasteiger charge is 2.41. The van der Waals surface area contributed by atoms with Crippen LogP contribution in [0.3, 0.4) is 0 Å². The van der Waals surface area contributed by atoms with Crippen LogP contribution in [-0.4, -0.2) is 29.1 Å². The van der Waals surface area contributed by atoms with Crippen LogP contribution in [0.2, 0.25) is 0 Å². The minimum Gasteiger partial charge on any atom is -0.481 e. The lowest BCUT2D eigenvalue weighted by atomic mass is 9.78. The van der Waals surface area contributed by atoms with Crippen LogP contribution in [0.1, 0.15) is 36.8 Å². The van der Waals surface area contributed by atoms with Crippen LogP contribution in [0, 0.1) is 19.3 Å². The van der Waals surface area contributed by atoms with Crippen LogP contribution in [0.4, 0.5) is 5.13 Å². The van der Waals surface area contributed by atoms with E-state index < -0.39 is 11.4 Å². The predicted octanol–water partition coefficient (Wildman–Crippen LogP) is 2.84. The average molecular weight is 268 g/mol. The van der Waals surface area contributed by atoms with Crippen molar-refractivity contribution in [1.29, 1.82) is 0 Å². The highest BCUT2D eigenvalue weighted by molar-refractivity contribution is 7.15. The Morgan fingerprint density at radius 1 is 1.56 bits per heavy atom. The molecule has 1 N–H and O–H groups in total. The first-order valence-corrected chi connectivity index (χ1v) is 7.22. The number of piperidine rings is 1. The van der Waals surface area contributed by atoms with Gasteiger partial charge in [-0.05, 0) is 33.1 Å². The van der Waals surface area contributed by atoms with E-state index >= 15 is 0 Å². The summed E-state index contributed by atoms with van der Waals surface area (Å²) >= 11 is 1.67.